The first-order valence-corrected chi connectivity index (χ1v) is 6.92. The Bertz CT molecular complexity index is 640. The van der Waals surface area contributed by atoms with Crippen LogP contribution in [0.2, 0.25) is 0 Å². The molecule has 4 nitrogen and oxygen atoms in total. The number of nitrogens with zero attached hydrogens (tertiary/aromatic N) is 1. The molecule has 0 saturated carbocycles. The normalized spacial score (nSPS) is 18.5. The topological polar surface area (TPSA) is 49.4 Å². The smallest absolute Gasteiger partial charge is 0.247 e. The summed E-state index contributed by atoms with van der Waals surface area (Å²) in [5.41, 5.74) is 1.85. The van der Waals surface area contributed by atoms with Gasteiger partial charge < -0.3 is 10.2 Å². The lowest BCUT2D eigenvalue weighted by molar-refractivity contribution is -0.146. The van der Waals surface area contributed by atoms with Gasteiger partial charge in [-0.3, -0.25) is 9.59 Å². The van der Waals surface area contributed by atoms with Gasteiger partial charge in [-0.15, -0.1) is 0 Å². The van der Waals surface area contributed by atoms with E-state index in [1.165, 1.54) is 0 Å². The van der Waals surface area contributed by atoms with Crippen LogP contribution in [0, 0.1) is 0 Å². The average molecular weight is 280 g/mol. The van der Waals surface area contributed by atoms with Crippen LogP contribution >= 0.6 is 0 Å². The molecule has 1 fully saturated rings. The van der Waals surface area contributed by atoms with Gasteiger partial charge in [0.05, 0.1) is 6.54 Å². The summed E-state index contributed by atoms with van der Waals surface area (Å²) < 4.78 is 0. The van der Waals surface area contributed by atoms with Crippen LogP contribution in [0.3, 0.4) is 0 Å². The number of benzene rings is 2. The predicted molar refractivity (Wildman–Crippen MR) is 79.2 cm³/mol. The molecule has 1 atom stereocenters. The first-order valence-electron chi connectivity index (χ1n) is 6.92. The highest BCUT2D eigenvalue weighted by molar-refractivity contribution is 5.95. The van der Waals surface area contributed by atoms with E-state index in [1.807, 2.05) is 60.7 Å². The van der Waals surface area contributed by atoms with E-state index in [2.05, 4.69) is 5.32 Å². The second-order valence-electron chi connectivity index (χ2n) is 5.04. The molecule has 0 radical (unpaired) electrons. The summed E-state index contributed by atoms with van der Waals surface area (Å²) in [7, 11) is 0. The van der Waals surface area contributed by atoms with Crippen LogP contribution in [0.15, 0.2) is 60.7 Å². The van der Waals surface area contributed by atoms with E-state index in [4.69, 9.17) is 0 Å². The molecule has 1 heterocycles. The van der Waals surface area contributed by atoms with Crippen molar-refractivity contribution in [3.05, 3.63) is 71.8 Å². The number of hydrogen-bond acceptors (Lipinski definition) is 2. The highest BCUT2D eigenvalue weighted by Crippen LogP contribution is 2.25. The maximum absolute atomic E-state index is 12.2. The molecule has 21 heavy (non-hydrogen) atoms. The summed E-state index contributed by atoms with van der Waals surface area (Å²) in [5.74, 6) is -0.191. The SMILES string of the molecule is O=C1NCC(=O)N(Cc2ccccc2)C1c1ccccc1. The van der Waals surface area contributed by atoms with Crippen LogP contribution in [0.5, 0.6) is 0 Å². The van der Waals surface area contributed by atoms with Crippen molar-refractivity contribution in [1.29, 1.82) is 0 Å². The van der Waals surface area contributed by atoms with Crippen LogP contribution in [0.1, 0.15) is 17.2 Å². The Morgan fingerprint density at radius 1 is 0.952 bits per heavy atom. The number of carbonyl (C=O) groups excluding carboxylic acids is 2. The molecule has 106 valence electrons. The van der Waals surface area contributed by atoms with Crippen molar-refractivity contribution >= 4 is 11.8 Å². The van der Waals surface area contributed by atoms with Crippen molar-refractivity contribution in [3.63, 3.8) is 0 Å². The second kappa shape index (κ2) is 5.79. The van der Waals surface area contributed by atoms with E-state index in [-0.39, 0.29) is 18.4 Å². The molecule has 3 rings (SSSR count). The van der Waals surface area contributed by atoms with Crippen molar-refractivity contribution < 1.29 is 9.59 Å². The lowest BCUT2D eigenvalue weighted by Gasteiger charge is -2.35. The van der Waals surface area contributed by atoms with E-state index >= 15 is 0 Å². The minimum Gasteiger partial charge on any atom is -0.345 e. The highest BCUT2D eigenvalue weighted by Gasteiger charge is 2.35. The Balaban J connectivity index is 1.93. The predicted octanol–water partition coefficient (Wildman–Crippen LogP) is 1.89. The molecule has 1 aliphatic heterocycles. The van der Waals surface area contributed by atoms with Crippen molar-refractivity contribution in [1.82, 2.24) is 10.2 Å². The number of carbonyl (C=O) groups is 2. The lowest BCUT2D eigenvalue weighted by atomic mass is 10.0. The fourth-order valence-corrected chi connectivity index (χ4v) is 2.57. The van der Waals surface area contributed by atoms with Gasteiger partial charge in [0.25, 0.3) is 0 Å². The van der Waals surface area contributed by atoms with E-state index in [0.29, 0.717) is 6.54 Å². The zero-order valence-corrected chi connectivity index (χ0v) is 11.5. The van der Waals surface area contributed by atoms with Gasteiger partial charge in [0.2, 0.25) is 11.8 Å². The van der Waals surface area contributed by atoms with Gasteiger partial charge in [-0.2, -0.15) is 0 Å². The summed E-state index contributed by atoms with van der Waals surface area (Å²) >= 11 is 0. The number of amides is 2. The standard InChI is InChI=1S/C17H16N2O2/c20-15-11-18-17(21)16(14-9-5-2-6-10-14)19(15)12-13-7-3-1-4-8-13/h1-10,16H,11-12H2,(H,18,21). The first-order chi connectivity index (χ1) is 10.3. The zero-order chi connectivity index (χ0) is 14.7. The molecule has 1 N–H and O–H groups in total. The summed E-state index contributed by atoms with van der Waals surface area (Å²) in [5, 5.41) is 2.67. The quantitative estimate of drug-likeness (QED) is 0.933. The maximum atomic E-state index is 12.2. The lowest BCUT2D eigenvalue weighted by Crippen LogP contribution is -2.53. The summed E-state index contributed by atoms with van der Waals surface area (Å²) in [6.07, 6.45) is 0. The third-order valence-corrected chi connectivity index (χ3v) is 3.61. The van der Waals surface area contributed by atoms with Gasteiger partial charge in [0.15, 0.2) is 0 Å². The molecular weight excluding hydrogens is 264 g/mol. The number of nitrogens with one attached hydrogen (secondary N) is 1. The average Bonchev–Trinajstić information content (AvgIpc) is 2.53. The molecular formula is C17H16N2O2. The maximum Gasteiger partial charge on any atom is 0.247 e. The van der Waals surface area contributed by atoms with Crippen LogP contribution in [0.4, 0.5) is 0 Å². The van der Waals surface area contributed by atoms with E-state index < -0.39 is 6.04 Å². The number of hydrogen-bond donors (Lipinski definition) is 1. The summed E-state index contributed by atoms with van der Waals surface area (Å²) in [6.45, 7) is 0.502. The Morgan fingerprint density at radius 2 is 1.57 bits per heavy atom. The van der Waals surface area contributed by atoms with Gasteiger partial charge in [-0.1, -0.05) is 60.7 Å². The van der Waals surface area contributed by atoms with Crippen molar-refractivity contribution in [2.45, 2.75) is 12.6 Å². The largest absolute Gasteiger partial charge is 0.345 e. The van der Waals surface area contributed by atoms with Crippen LogP contribution in [-0.2, 0) is 16.1 Å². The van der Waals surface area contributed by atoms with Crippen LogP contribution < -0.4 is 5.32 Å². The van der Waals surface area contributed by atoms with Gasteiger partial charge >= 0.3 is 0 Å². The summed E-state index contributed by atoms with van der Waals surface area (Å²) in [4.78, 5) is 26.1. The van der Waals surface area contributed by atoms with Gasteiger partial charge in [-0.25, -0.2) is 0 Å². The van der Waals surface area contributed by atoms with Gasteiger partial charge in [0, 0.05) is 6.54 Å². The third kappa shape index (κ3) is 2.79. The van der Waals surface area contributed by atoms with Gasteiger partial charge in [0.1, 0.15) is 6.04 Å². The minimum atomic E-state index is -0.562. The first kappa shape index (κ1) is 13.4. The van der Waals surface area contributed by atoms with E-state index in [9.17, 15) is 9.59 Å². The molecule has 2 aromatic rings. The molecule has 1 aliphatic rings. The summed E-state index contributed by atoms with van der Waals surface area (Å²) in [6, 6.07) is 18.6. The molecule has 1 saturated heterocycles. The Kier molecular flexibility index (Phi) is 3.69. The Morgan fingerprint density at radius 3 is 2.24 bits per heavy atom. The number of piperazine rings is 1. The van der Waals surface area contributed by atoms with Crippen LogP contribution in [0.25, 0.3) is 0 Å². The van der Waals surface area contributed by atoms with Crippen molar-refractivity contribution in [2.24, 2.45) is 0 Å². The monoisotopic (exact) mass is 280 g/mol. The zero-order valence-electron chi connectivity index (χ0n) is 11.5. The van der Waals surface area contributed by atoms with Crippen molar-refractivity contribution in [3.8, 4) is 0 Å². The highest BCUT2D eigenvalue weighted by atomic mass is 16.2. The third-order valence-electron chi connectivity index (χ3n) is 3.61. The molecule has 1 unspecified atom stereocenters. The molecule has 0 aromatic heterocycles. The fourth-order valence-electron chi connectivity index (χ4n) is 2.57. The molecule has 4 heteroatoms. The van der Waals surface area contributed by atoms with E-state index in [1.54, 1.807) is 4.90 Å². The fraction of sp³-hybridized carbons (Fsp3) is 0.176. The second-order valence-corrected chi connectivity index (χ2v) is 5.04. The Hall–Kier alpha value is -2.62. The molecule has 0 bridgehead atoms. The van der Waals surface area contributed by atoms with Crippen LogP contribution in [-0.4, -0.2) is 23.3 Å². The van der Waals surface area contributed by atoms with Gasteiger partial charge in [-0.05, 0) is 11.1 Å². The number of rotatable bonds is 3. The Labute approximate surface area is 123 Å². The van der Waals surface area contributed by atoms with Crippen molar-refractivity contribution in [2.75, 3.05) is 6.54 Å². The molecule has 0 aliphatic carbocycles. The minimum absolute atomic E-state index is 0.0627. The molecule has 0 spiro atoms. The molecule has 2 amide bonds. The molecule has 2 aromatic carbocycles. The van der Waals surface area contributed by atoms with E-state index in [0.717, 1.165) is 11.1 Å².